The zero-order valence-electron chi connectivity index (χ0n) is 6.48. The largest absolute Gasteiger partial charge is 0.346 e. The molecule has 0 spiro atoms. The van der Waals surface area contributed by atoms with Gasteiger partial charge in [-0.25, -0.2) is 4.98 Å². The molecule has 0 atom stereocenters. The topological polar surface area (TPSA) is 50.1 Å². The second-order valence-corrected chi connectivity index (χ2v) is 3.92. The lowest BCUT2D eigenvalue weighted by Gasteiger charge is -1.75. The molecule has 0 aromatic carbocycles. The lowest BCUT2D eigenvalue weighted by molar-refractivity contribution is -0.594. The summed E-state index contributed by atoms with van der Waals surface area (Å²) in [5.41, 5.74) is 1.63. The molecule has 5 nitrogen and oxygen atoms in total. The van der Waals surface area contributed by atoms with E-state index in [0.29, 0.717) is 0 Å². The van der Waals surface area contributed by atoms with Crippen molar-refractivity contribution in [1.82, 2.24) is 19.7 Å². The van der Waals surface area contributed by atoms with Gasteiger partial charge in [0.15, 0.2) is 0 Å². The van der Waals surface area contributed by atoms with Crippen LogP contribution >= 0.6 is 22.6 Å². The molecule has 6 heteroatoms. The van der Waals surface area contributed by atoms with E-state index in [9.17, 15) is 0 Å². The molecular weight excluding hydrogens is 281 g/mol. The van der Waals surface area contributed by atoms with Gasteiger partial charge in [0, 0.05) is 0 Å². The standard InChI is InChI=1S/C7H5IN5/c8-5-3-12-7-6(9-1-2-10-7)11-13(12)4-5/h1-4H,(H,9,11)/q+1. The summed E-state index contributed by atoms with van der Waals surface area (Å²) in [6.45, 7) is 0. The van der Waals surface area contributed by atoms with E-state index in [-0.39, 0.29) is 0 Å². The zero-order chi connectivity index (χ0) is 8.84. The number of nitrogens with one attached hydrogen (secondary N) is 1. The van der Waals surface area contributed by atoms with Crippen molar-refractivity contribution < 1.29 is 4.52 Å². The molecule has 13 heavy (non-hydrogen) atoms. The first-order valence-electron chi connectivity index (χ1n) is 3.73. The van der Waals surface area contributed by atoms with Gasteiger partial charge in [0.05, 0.1) is 16.0 Å². The lowest BCUT2D eigenvalue weighted by Crippen LogP contribution is -2.24. The summed E-state index contributed by atoms with van der Waals surface area (Å²) >= 11 is 2.25. The van der Waals surface area contributed by atoms with Gasteiger partial charge >= 0.3 is 5.65 Å². The molecule has 0 aliphatic rings. The zero-order valence-corrected chi connectivity index (χ0v) is 8.63. The Morgan fingerprint density at radius 1 is 1.38 bits per heavy atom. The molecule has 3 aromatic heterocycles. The Hall–Kier alpha value is -1.18. The fourth-order valence-corrected chi connectivity index (χ4v) is 1.85. The van der Waals surface area contributed by atoms with Crippen LogP contribution in [0.1, 0.15) is 0 Å². The minimum atomic E-state index is 0.791. The van der Waals surface area contributed by atoms with Crippen LogP contribution in [0.5, 0.6) is 0 Å². The maximum absolute atomic E-state index is 4.23. The lowest BCUT2D eigenvalue weighted by atomic mass is 10.6. The Kier molecular flexibility index (Phi) is 1.34. The van der Waals surface area contributed by atoms with E-state index in [0.717, 1.165) is 14.9 Å². The van der Waals surface area contributed by atoms with E-state index in [1.54, 1.807) is 12.4 Å². The van der Waals surface area contributed by atoms with Crippen LogP contribution < -0.4 is 4.52 Å². The highest BCUT2D eigenvalue weighted by atomic mass is 127. The predicted octanol–water partition coefficient (Wildman–Crippen LogP) is 0.401. The molecule has 0 saturated carbocycles. The summed E-state index contributed by atoms with van der Waals surface area (Å²) in [7, 11) is 0. The molecule has 3 heterocycles. The number of aromatic nitrogens is 5. The third-order valence-corrected chi connectivity index (χ3v) is 2.40. The Bertz CT molecular complexity index is 581. The molecule has 3 rings (SSSR count). The number of H-pyrrole nitrogens is 1. The van der Waals surface area contributed by atoms with Crippen molar-refractivity contribution in [3.63, 3.8) is 0 Å². The fourth-order valence-electron chi connectivity index (χ4n) is 1.33. The highest BCUT2D eigenvalue weighted by molar-refractivity contribution is 14.1. The molecule has 0 radical (unpaired) electrons. The van der Waals surface area contributed by atoms with Crippen molar-refractivity contribution in [2.75, 3.05) is 0 Å². The molecular formula is C7H5IN5+. The van der Waals surface area contributed by atoms with Gasteiger partial charge in [-0.2, -0.15) is 5.10 Å². The third-order valence-electron chi connectivity index (χ3n) is 1.84. The van der Waals surface area contributed by atoms with Gasteiger partial charge in [-0.1, -0.05) is 4.63 Å². The van der Waals surface area contributed by atoms with E-state index < -0.39 is 0 Å². The van der Waals surface area contributed by atoms with Crippen LogP contribution in [0, 0.1) is 3.57 Å². The quantitative estimate of drug-likeness (QED) is 0.480. The first-order chi connectivity index (χ1) is 6.34. The van der Waals surface area contributed by atoms with Crippen LogP contribution in [0.15, 0.2) is 24.8 Å². The molecule has 0 unspecified atom stereocenters. The van der Waals surface area contributed by atoms with E-state index in [4.69, 9.17) is 0 Å². The van der Waals surface area contributed by atoms with Crippen LogP contribution in [-0.4, -0.2) is 19.7 Å². The Labute approximate surface area is 86.5 Å². The third kappa shape index (κ3) is 0.947. The smallest absolute Gasteiger partial charge is 0.214 e. The van der Waals surface area contributed by atoms with E-state index in [2.05, 4.69) is 37.7 Å². The van der Waals surface area contributed by atoms with E-state index in [1.165, 1.54) is 0 Å². The number of nitrogens with zero attached hydrogens (tertiary/aromatic N) is 4. The molecule has 0 fully saturated rings. The minimum Gasteiger partial charge on any atom is -0.214 e. The van der Waals surface area contributed by atoms with Crippen LogP contribution in [-0.2, 0) is 0 Å². The van der Waals surface area contributed by atoms with Gasteiger partial charge in [0.25, 0.3) is 5.65 Å². The summed E-state index contributed by atoms with van der Waals surface area (Å²) in [5.74, 6) is 0. The Morgan fingerprint density at radius 2 is 2.23 bits per heavy atom. The summed E-state index contributed by atoms with van der Waals surface area (Å²) in [6.07, 6.45) is 7.32. The predicted molar refractivity (Wildman–Crippen MR) is 53.2 cm³/mol. The van der Waals surface area contributed by atoms with Crippen molar-refractivity contribution in [3.8, 4) is 0 Å². The summed E-state index contributed by atoms with van der Waals surface area (Å²) in [5, 5.41) is 3.10. The van der Waals surface area contributed by atoms with Gasteiger partial charge in [-0.05, 0) is 22.6 Å². The SMILES string of the molecule is Ic1cn2[nH]c3nccnc3[n+]2c1. The summed E-state index contributed by atoms with van der Waals surface area (Å²) in [4.78, 5) is 8.39. The van der Waals surface area contributed by atoms with Gasteiger partial charge in [0.1, 0.15) is 12.4 Å². The number of hydrogen-bond acceptors (Lipinski definition) is 2. The van der Waals surface area contributed by atoms with Crippen molar-refractivity contribution in [2.24, 2.45) is 0 Å². The first-order valence-corrected chi connectivity index (χ1v) is 4.81. The number of hydrogen-bond donors (Lipinski definition) is 1. The summed E-state index contributed by atoms with van der Waals surface area (Å²) in [6, 6.07) is 0. The highest BCUT2D eigenvalue weighted by Gasteiger charge is 2.12. The van der Waals surface area contributed by atoms with Crippen molar-refractivity contribution in [2.45, 2.75) is 0 Å². The Morgan fingerprint density at radius 3 is 3.15 bits per heavy atom. The first kappa shape index (κ1) is 7.25. The van der Waals surface area contributed by atoms with E-state index >= 15 is 0 Å². The van der Waals surface area contributed by atoms with Gasteiger partial charge < -0.3 is 0 Å². The second-order valence-electron chi connectivity index (χ2n) is 2.67. The Balaban J connectivity index is 2.60. The van der Waals surface area contributed by atoms with Crippen LogP contribution in [0.25, 0.3) is 11.3 Å². The van der Waals surface area contributed by atoms with Crippen molar-refractivity contribution in [1.29, 1.82) is 0 Å². The highest BCUT2D eigenvalue weighted by Crippen LogP contribution is 2.03. The van der Waals surface area contributed by atoms with Crippen molar-refractivity contribution in [3.05, 3.63) is 28.4 Å². The number of halogens is 1. The number of fused-ring (bicyclic) bond motifs is 3. The average molecular weight is 286 g/mol. The minimum absolute atomic E-state index is 0.791. The maximum Gasteiger partial charge on any atom is 0.346 e. The van der Waals surface area contributed by atoms with Gasteiger partial charge in [-0.15, -0.1) is 9.50 Å². The van der Waals surface area contributed by atoms with Crippen LogP contribution in [0.4, 0.5) is 0 Å². The molecule has 0 amide bonds. The van der Waals surface area contributed by atoms with Crippen molar-refractivity contribution >= 4 is 33.9 Å². The number of aromatic amines is 1. The maximum atomic E-state index is 4.23. The van der Waals surface area contributed by atoms with Gasteiger partial charge in [-0.3, -0.25) is 0 Å². The fraction of sp³-hybridized carbons (Fsp3) is 0. The molecule has 0 bridgehead atoms. The molecule has 1 N–H and O–H groups in total. The number of rotatable bonds is 0. The monoisotopic (exact) mass is 286 g/mol. The molecule has 0 aliphatic carbocycles. The molecule has 64 valence electrons. The summed E-state index contributed by atoms with van der Waals surface area (Å²) < 4.78 is 4.93. The average Bonchev–Trinajstić information content (AvgIpc) is 2.60. The molecule has 0 aliphatic heterocycles. The van der Waals surface area contributed by atoms with Crippen LogP contribution in [0.3, 0.4) is 0 Å². The second kappa shape index (κ2) is 2.41. The van der Waals surface area contributed by atoms with Gasteiger partial charge in [0.2, 0.25) is 0 Å². The normalized spacial score (nSPS) is 11.5. The van der Waals surface area contributed by atoms with Crippen LogP contribution in [0.2, 0.25) is 0 Å². The molecule has 0 saturated heterocycles. The molecule has 3 aromatic rings. The van der Waals surface area contributed by atoms with E-state index in [1.807, 2.05) is 21.5 Å².